The minimum atomic E-state index is -3.36. The van der Waals surface area contributed by atoms with E-state index in [1.165, 1.54) is 4.31 Å². The van der Waals surface area contributed by atoms with Crippen LogP contribution in [0, 0.1) is 0 Å². The number of carbonyl (C=O) groups excluding carboxylic acids is 1. The lowest BCUT2D eigenvalue weighted by Crippen LogP contribution is -2.50. The van der Waals surface area contributed by atoms with E-state index in [0.29, 0.717) is 39.0 Å². The van der Waals surface area contributed by atoms with Gasteiger partial charge in [-0.2, -0.15) is 4.31 Å². The van der Waals surface area contributed by atoms with Gasteiger partial charge in [0.1, 0.15) is 0 Å². The molecule has 0 atom stereocenters. The first kappa shape index (κ1) is 20.0. The average Bonchev–Trinajstić information content (AvgIpc) is 2.68. The number of sulfonamides is 1. The largest absolute Gasteiger partial charge is 0.340 e. The third-order valence-corrected chi connectivity index (χ3v) is 7.37. The molecule has 1 aliphatic heterocycles. The fraction of sp³-hybridized carbons (Fsp3) is 0.350. The number of piperazine rings is 1. The highest BCUT2D eigenvalue weighted by atomic mass is 79.9. The van der Waals surface area contributed by atoms with Crippen LogP contribution in [0.4, 0.5) is 0 Å². The standard InChI is InChI=1S/C20H23BrN2O3S/c21-19-9-5-4-8-18(19)10-11-20(24)22-12-14-23(15-13-22)27(25,26)16-17-6-2-1-3-7-17/h1-9H,10-16H2. The summed E-state index contributed by atoms with van der Waals surface area (Å²) in [5.74, 6) is 0.0787. The first-order chi connectivity index (χ1) is 13.0. The Kier molecular flexibility index (Phi) is 6.68. The molecule has 0 bridgehead atoms. The molecule has 0 radical (unpaired) electrons. The molecule has 1 heterocycles. The SMILES string of the molecule is O=C(CCc1ccccc1Br)N1CCN(S(=O)(=O)Cc2ccccc2)CC1. The number of carbonyl (C=O) groups is 1. The van der Waals surface area contributed by atoms with Crippen molar-refractivity contribution < 1.29 is 13.2 Å². The van der Waals surface area contributed by atoms with E-state index in [1.54, 1.807) is 4.90 Å². The van der Waals surface area contributed by atoms with Crippen LogP contribution in [0.25, 0.3) is 0 Å². The van der Waals surface area contributed by atoms with E-state index < -0.39 is 10.0 Å². The van der Waals surface area contributed by atoms with Crippen LogP contribution in [-0.4, -0.2) is 49.7 Å². The number of rotatable bonds is 6. The summed E-state index contributed by atoms with van der Waals surface area (Å²) in [5, 5.41) is 0. The molecule has 0 N–H and O–H groups in total. The summed E-state index contributed by atoms with van der Waals surface area (Å²) in [7, 11) is -3.36. The lowest BCUT2D eigenvalue weighted by atomic mass is 10.1. The van der Waals surface area contributed by atoms with E-state index in [0.717, 1.165) is 15.6 Å². The van der Waals surface area contributed by atoms with Gasteiger partial charge in [-0.05, 0) is 23.6 Å². The number of amides is 1. The Labute approximate surface area is 169 Å². The van der Waals surface area contributed by atoms with Crippen molar-refractivity contribution in [3.05, 3.63) is 70.2 Å². The number of halogens is 1. The molecular weight excluding hydrogens is 428 g/mol. The maximum absolute atomic E-state index is 12.6. The summed E-state index contributed by atoms with van der Waals surface area (Å²) in [5.41, 5.74) is 1.89. The van der Waals surface area contributed by atoms with E-state index >= 15 is 0 Å². The van der Waals surface area contributed by atoms with Gasteiger partial charge in [-0.25, -0.2) is 8.42 Å². The number of hydrogen-bond donors (Lipinski definition) is 0. The maximum atomic E-state index is 12.6. The third-order valence-electron chi connectivity index (χ3n) is 4.74. The molecule has 2 aromatic rings. The lowest BCUT2D eigenvalue weighted by molar-refractivity contribution is -0.132. The molecule has 5 nitrogen and oxygen atoms in total. The first-order valence-corrected chi connectivity index (χ1v) is 11.4. The second-order valence-corrected chi connectivity index (χ2v) is 9.44. The van der Waals surface area contributed by atoms with Crippen molar-refractivity contribution >= 4 is 31.9 Å². The molecular formula is C20H23BrN2O3S. The third kappa shape index (κ3) is 5.40. The van der Waals surface area contributed by atoms with Crippen LogP contribution < -0.4 is 0 Å². The Morgan fingerprint density at radius 3 is 2.22 bits per heavy atom. The molecule has 1 aliphatic rings. The average molecular weight is 451 g/mol. The van der Waals surface area contributed by atoms with Crippen molar-refractivity contribution in [2.45, 2.75) is 18.6 Å². The highest BCUT2D eigenvalue weighted by Crippen LogP contribution is 2.19. The van der Waals surface area contributed by atoms with Gasteiger partial charge in [0.25, 0.3) is 0 Å². The number of aryl methyl sites for hydroxylation is 1. The van der Waals surface area contributed by atoms with Gasteiger partial charge >= 0.3 is 0 Å². The molecule has 0 saturated carbocycles. The molecule has 3 rings (SSSR count). The monoisotopic (exact) mass is 450 g/mol. The normalized spacial score (nSPS) is 15.7. The Morgan fingerprint density at radius 1 is 0.926 bits per heavy atom. The van der Waals surface area contributed by atoms with Crippen molar-refractivity contribution in [2.24, 2.45) is 0 Å². The molecule has 1 saturated heterocycles. The quantitative estimate of drug-likeness (QED) is 0.679. The molecule has 27 heavy (non-hydrogen) atoms. The van der Waals surface area contributed by atoms with Crippen molar-refractivity contribution in [3.8, 4) is 0 Å². The minimum absolute atomic E-state index is 0.00379. The van der Waals surface area contributed by atoms with Crippen LogP contribution in [0.15, 0.2) is 59.1 Å². The summed E-state index contributed by atoms with van der Waals surface area (Å²) in [6.45, 7) is 1.61. The Bertz CT molecular complexity index is 879. The van der Waals surface area contributed by atoms with Gasteiger partial charge < -0.3 is 4.90 Å². The predicted octanol–water partition coefficient (Wildman–Crippen LogP) is 3.06. The van der Waals surface area contributed by atoms with E-state index in [9.17, 15) is 13.2 Å². The van der Waals surface area contributed by atoms with Crippen LogP contribution >= 0.6 is 15.9 Å². The van der Waals surface area contributed by atoms with Gasteiger partial charge in [0.2, 0.25) is 15.9 Å². The topological polar surface area (TPSA) is 57.7 Å². The van der Waals surface area contributed by atoms with Gasteiger partial charge in [0.15, 0.2) is 0 Å². The summed E-state index contributed by atoms with van der Waals surface area (Å²) < 4.78 is 27.7. The maximum Gasteiger partial charge on any atom is 0.222 e. The van der Waals surface area contributed by atoms with E-state index in [1.807, 2.05) is 54.6 Å². The zero-order valence-electron chi connectivity index (χ0n) is 15.1. The van der Waals surface area contributed by atoms with Crippen molar-refractivity contribution in [1.29, 1.82) is 0 Å². The van der Waals surface area contributed by atoms with E-state index in [4.69, 9.17) is 0 Å². The van der Waals surface area contributed by atoms with Gasteiger partial charge in [0.05, 0.1) is 5.75 Å². The van der Waals surface area contributed by atoms with Gasteiger partial charge in [-0.3, -0.25) is 4.79 Å². The Balaban J connectivity index is 1.50. The van der Waals surface area contributed by atoms with Gasteiger partial charge in [-0.1, -0.05) is 64.5 Å². The Morgan fingerprint density at radius 2 is 1.56 bits per heavy atom. The highest BCUT2D eigenvalue weighted by Gasteiger charge is 2.28. The molecule has 0 spiro atoms. The summed E-state index contributed by atoms with van der Waals surface area (Å²) >= 11 is 3.50. The summed E-state index contributed by atoms with van der Waals surface area (Å²) in [6, 6.07) is 17.1. The van der Waals surface area contributed by atoms with Crippen LogP contribution in [0.2, 0.25) is 0 Å². The van der Waals surface area contributed by atoms with E-state index in [-0.39, 0.29) is 11.7 Å². The number of benzene rings is 2. The smallest absolute Gasteiger partial charge is 0.222 e. The van der Waals surface area contributed by atoms with Crippen LogP contribution in [0.3, 0.4) is 0 Å². The second kappa shape index (κ2) is 8.99. The van der Waals surface area contributed by atoms with E-state index in [2.05, 4.69) is 15.9 Å². The van der Waals surface area contributed by atoms with Crippen LogP contribution in [0.1, 0.15) is 17.5 Å². The van der Waals surface area contributed by atoms with Crippen LogP contribution in [-0.2, 0) is 27.0 Å². The van der Waals surface area contributed by atoms with Gasteiger partial charge in [0, 0.05) is 37.1 Å². The Hall–Kier alpha value is -1.70. The molecule has 2 aromatic carbocycles. The van der Waals surface area contributed by atoms with Gasteiger partial charge in [-0.15, -0.1) is 0 Å². The highest BCUT2D eigenvalue weighted by molar-refractivity contribution is 9.10. The molecule has 1 fully saturated rings. The predicted molar refractivity (Wildman–Crippen MR) is 110 cm³/mol. The lowest BCUT2D eigenvalue weighted by Gasteiger charge is -2.34. The minimum Gasteiger partial charge on any atom is -0.340 e. The zero-order chi connectivity index (χ0) is 19.3. The van der Waals surface area contributed by atoms with Crippen molar-refractivity contribution in [3.63, 3.8) is 0 Å². The summed E-state index contributed by atoms with van der Waals surface area (Å²) in [6.07, 6.45) is 1.10. The first-order valence-electron chi connectivity index (χ1n) is 8.98. The molecule has 0 aliphatic carbocycles. The molecule has 7 heteroatoms. The van der Waals surface area contributed by atoms with Crippen molar-refractivity contribution in [1.82, 2.24) is 9.21 Å². The molecule has 144 valence electrons. The number of nitrogens with zero attached hydrogens (tertiary/aromatic N) is 2. The molecule has 0 aromatic heterocycles. The zero-order valence-corrected chi connectivity index (χ0v) is 17.5. The number of hydrogen-bond acceptors (Lipinski definition) is 3. The van der Waals surface area contributed by atoms with Crippen LogP contribution in [0.5, 0.6) is 0 Å². The molecule has 0 unspecified atom stereocenters. The summed E-state index contributed by atoms with van der Waals surface area (Å²) in [4.78, 5) is 14.2. The second-order valence-electron chi connectivity index (χ2n) is 6.61. The molecule has 1 amide bonds. The fourth-order valence-corrected chi connectivity index (χ4v) is 5.19. The fourth-order valence-electron chi connectivity index (χ4n) is 3.19. The van der Waals surface area contributed by atoms with Crippen molar-refractivity contribution in [2.75, 3.05) is 26.2 Å².